The number of benzene rings is 2. The van der Waals surface area contributed by atoms with Crippen molar-refractivity contribution in [2.24, 2.45) is 5.41 Å². The average Bonchev–Trinajstić information content (AvgIpc) is 2.75. The van der Waals surface area contributed by atoms with Crippen molar-refractivity contribution in [1.82, 2.24) is 0 Å². The van der Waals surface area contributed by atoms with E-state index in [1.54, 1.807) is 0 Å². The van der Waals surface area contributed by atoms with Gasteiger partial charge in [-0.05, 0) is 53.9 Å². The maximum Gasteiger partial charge on any atom is 0.416 e. The fourth-order valence-corrected chi connectivity index (χ4v) is 3.67. The van der Waals surface area contributed by atoms with Crippen LogP contribution in [0.4, 0.5) is 28.9 Å². The molecule has 1 aliphatic rings. The maximum atomic E-state index is 13.3. The van der Waals surface area contributed by atoms with Gasteiger partial charge in [0.2, 0.25) is 0 Å². The predicted octanol–water partition coefficient (Wildman–Crippen LogP) is 5.86. The summed E-state index contributed by atoms with van der Waals surface area (Å²) in [6, 6.07) is 9.52. The highest BCUT2D eigenvalue weighted by Gasteiger charge is 2.37. The molecule has 1 aliphatic heterocycles. The smallest absolute Gasteiger partial charge is 0.416 e. The van der Waals surface area contributed by atoms with E-state index < -0.39 is 28.9 Å². The fraction of sp³-hybridized carbons (Fsp3) is 0.273. The lowest BCUT2D eigenvalue weighted by atomic mass is 9.88. The van der Waals surface area contributed by atoms with Gasteiger partial charge in [0.15, 0.2) is 0 Å². The van der Waals surface area contributed by atoms with E-state index in [4.69, 9.17) is 12.2 Å². The van der Waals surface area contributed by atoms with Crippen LogP contribution in [0.5, 0.6) is 0 Å². The summed E-state index contributed by atoms with van der Waals surface area (Å²) in [5.41, 5.74) is -0.878. The van der Waals surface area contributed by atoms with Crippen LogP contribution < -0.4 is 10.2 Å². The first-order chi connectivity index (χ1) is 14.4. The summed E-state index contributed by atoms with van der Waals surface area (Å²) < 4.78 is 51.9. The summed E-state index contributed by atoms with van der Waals surface area (Å²) in [6.07, 6.45) is -4.36. The Labute approximate surface area is 182 Å². The number of rotatable bonds is 3. The van der Waals surface area contributed by atoms with Crippen LogP contribution in [0.3, 0.4) is 0 Å². The van der Waals surface area contributed by atoms with Gasteiger partial charge < -0.3 is 15.3 Å². The third kappa shape index (κ3) is 5.22. The van der Waals surface area contributed by atoms with Crippen LogP contribution in [0.25, 0.3) is 0 Å². The molecule has 0 fully saturated rings. The van der Waals surface area contributed by atoms with Gasteiger partial charge in [0.25, 0.3) is 5.91 Å². The van der Waals surface area contributed by atoms with E-state index in [1.165, 1.54) is 41.3 Å². The highest BCUT2D eigenvalue weighted by atomic mass is 32.1. The lowest BCUT2D eigenvalue weighted by Gasteiger charge is -2.30. The summed E-state index contributed by atoms with van der Waals surface area (Å²) in [7, 11) is 0. The number of hydrogen-bond acceptors (Lipinski definition) is 3. The van der Waals surface area contributed by atoms with Gasteiger partial charge in [-0.25, -0.2) is 4.39 Å². The van der Waals surface area contributed by atoms with E-state index >= 15 is 0 Å². The third-order valence-electron chi connectivity index (χ3n) is 4.82. The summed E-state index contributed by atoms with van der Waals surface area (Å²) in [5.74, 6) is -1.30. The molecule has 0 radical (unpaired) electrons. The van der Waals surface area contributed by atoms with Gasteiger partial charge in [0.05, 0.1) is 5.56 Å². The average molecular weight is 452 g/mol. The number of nitrogens with zero attached hydrogens (tertiary/aromatic N) is 1. The molecule has 1 heterocycles. The summed E-state index contributed by atoms with van der Waals surface area (Å²) in [6.45, 7) is 3.81. The molecule has 0 aromatic heterocycles. The van der Waals surface area contributed by atoms with Crippen LogP contribution in [0.1, 0.15) is 25.8 Å². The van der Waals surface area contributed by atoms with Gasteiger partial charge in [-0.3, -0.25) is 4.79 Å². The molecule has 31 heavy (non-hydrogen) atoms. The molecule has 0 bridgehead atoms. The molecule has 0 aliphatic carbocycles. The molecular formula is C22H20F4N2O2S. The second kappa shape index (κ2) is 8.30. The molecule has 9 heteroatoms. The van der Waals surface area contributed by atoms with Crippen molar-refractivity contribution in [3.63, 3.8) is 0 Å². The van der Waals surface area contributed by atoms with Gasteiger partial charge in [-0.1, -0.05) is 26.1 Å². The van der Waals surface area contributed by atoms with Crippen molar-refractivity contribution in [2.45, 2.75) is 26.4 Å². The van der Waals surface area contributed by atoms with Gasteiger partial charge >= 0.3 is 6.18 Å². The number of amides is 1. The van der Waals surface area contributed by atoms with E-state index in [2.05, 4.69) is 5.32 Å². The zero-order valence-corrected chi connectivity index (χ0v) is 17.6. The van der Waals surface area contributed by atoms with Crippen molar-refractivity contribution in [3.05, 3.63) is 71.2 Å². The number of thiocarbonyl (C=S) groups is 1. The number of anilines is 2. The minimum absolute atomic E-state index is 0.0660. The third-order valence-corrected chi connectivity index (χ3v) is 5.12. The molecule has 2 aromatic carbocycles. The fourth-order valence-electron chi connectivity index (χ4n) is 3.35. The molecule has 3 rings (SSSR count). The molecular weight excluding hydrogens is 432 g/mol. The Hall–Kier alpha value is -2.94. The van der Waals surface area contributed by atoms with Crippen LogP contribution in [-0.2, 0) is 11.0 Å². The summed E-state index contributed by atoms with van der Waals surface area (Å²) in [4.78, 5) is 14.5. The zero-order valence-electron chi connectivity index (χ0n) is 16.8. The lowest BCUT2D eigenvalue weighted by Crippen LogP contribution is -2.39. The lowest BCUT2D eigenvalue weighted by molar-refractivity contribution is -0.137. The Balaban J connectivity index is 1.96. The molecule has 0 unspecified atom stereocenters. The highest BCUT2D eigenvalue weighted by Crippen LogP contribution is 2.36. The molecule has 0 saturated heterocycles. The van der Waals surface area contributed by atoms with E-state index in [0.29, 0.717) is 5.69 Å². The molecule has 1 amide bonds. The Morgan fingerprint density at radius 2 is 1.68 bits per heavy atom. The van der Waals surface area contributed by atoms with Crippen molar-refractivity contribution in [1.29, 1.82) is 0 Å². The van der Waals surface area contributed by atoms with Crippen molar-refractivity contribution in [2.75, 3.05) is 16.8 Å². The number of carbonyl (C=O) groups is 1. The molecule has 164 valence electrons. The molecule has 2 N–H and O–H groups in total. The van der Waals surface area contributed by atoms with E-state index in [1.807, 2.05) is 13.8 Å². The van der Waals surface area contributed by atoms with Crippen molar-refractivity contribution < 1.29 is 27.5 Å². The van der Waals surface area contributed by atoms with Gasteiger partial charge in [0.1, 0.15) is 22.1 Å². The van der Waals surface area contributed by atoms with E-state index in [9.17, 15) is 27.5 Å². The van der Waals surface area contributed by atoms with Crippen LogP contribution in [0, 0.1) is 11.2 Å². The largest absolute Gasteiger partial charge is 0.511 e. The second-order valence-corrected chi connectivity index (χ2v) is 8.47. The van der Waals surface area contributed by atoms with Gasteiger partial charge in [0, 0.05) is 24.3 Å². The normalized spacial score (nSPS) is 16.8. The van der Waals surface area contributed by atoms with Gasteiger partial charge in [-0.2, -0.15) is 13.2 Å². The maximum absolute atomic E-state index is 13.3. The van der Waals surface area contributed by atoms with Crippen LogP contribution >= 0.6 is 12.2 Å². The van der Waals surface area contributed by atoms with Crippen molar-refractivity contribution in [3.8, 4) is 0 Å². The number of hydrogen-bond donors (Lipinski definition) is 2. The number of nitrogens with one attached hydrogen (secondary N) is 1. The highest BCUT2D eigenvalue weighted by molar-refractivity contribution is 7.81. The minimum atomic E-state index is -4.50. The quantitative estimate of drug-likeness (QED) is 0.453. The Morgan fingerprint density at radius 3 is 2.23 bits per heavy atom. The van der Waals surface area contributed by atoms with E-state index in [-0.39, 0.29) is 35.0 Å². The summed E-state index contributed by atoms with van der Waals surface area (Å²) in [5, 5.41) is 13.5. The van der Waals surface area contributed by atoms with Crippen LogP contribution in [-0.4, -0.2) is 22.5 Å². The second-order valence-electron chi connectivity index (χ2n) is 8.06. The Kier molecular flexibility index (Phi) is 6.09. The monoisotopic (exact) mass is 452 g/mol. The Morgan fingerprint density at radius 1 is 1.10 bits per heavy atom. The minimum Gasteiger partial charge on any atom is -0.511 e. The van der Waals surface area contributed by atoms with Gasteiger partial charge in [-0.15, -0.1) is 0 Å². The molecule has 4 nitrogen and oxygen atoms in total. The SMILES string of the molecule is CC1(C)CC(O)=C(C(=S)Nc2ccc(F)cc2)C(=O)N(c2ccc(C(F)(F)F)cc2)C1. The molecule has 0 atom stereocenters. The Bertz CT molecular complexity index is 1030. The first-order valence-corrected chi connectivity index (χ1v) is 9.76. The zero-order chi connectivity index (χ0) is 23.0. The number of halogens is 4. The van der Waals surface area contributed by atoms with Crippen LogP contribution in [0.2, 0.25) is 0 Å². The topological polar surface area (TPSA) is 52.6 Å². The number of allylic oxidation sites excluding steroid dienone is 1. The molecule has 2 aromatic rings. The first-order valence-electron chi connectivity index (χ1n) is 9.35. The molecule has 0 saturated carbocycles. The first kappa shape index (κ1) is 22.7. The number of alkyl halides is 3. The number of carbonyl (C=O) groups excluding carboxylic acids is 1. The molecule has 0 spiro atoms. The van der Waals surface area contributed by atoms with E-state index in [0.717, 1.165) is 12.1 Å². The number of aliphatic hydroxyl groups excluding tert-OH is 1. The van der Waals surface area contributed by atoms with Crippen molar-refractivity contribution >= 4 is 34.5 Å². The predicted molar refractivity (Wildman–Crippen MR) is 114 cm³/mol. The number of aliphatic hydroxyl groups is 1. The summed E-state index contributed by atoms with van der Waals surface area (Å²) >= 11 is 5.33. The standard InChI is InChI=1S/C22H20F4N2O2S/c1-21(2)11-17(29)18(19(31)27-15-7-5-14(23)6-8-15)20(30)28(12-21)16-9-3-13(4-10-16)22(24,25)26/h3-10,29H,11-12H2,1-2H3,(H,27,31). The van der Waals surface area contributed by atoms with Crippen LogP contribution in [0.15, 0.2) is 59.9 Å².